The first kappa shape index (κ1) is 30.0. The maximum Gasteiger partial charge on any atom is 0.271 e. The van der Waals surface area contributed by atoms with E-state index in [1.165, 1.54) is 11.3 Å². The van der Waals surface area contributed by atoms with E-state index in [0.29, 0.717) is 32.3 Å². The van der Waals surface area contributed by atoms with Crippen molar-refractivity contribution < 1.29 is 18.9 Å². The van der Waals surface area contributed by atoms with Crippen molar-refractivity contribution in [3.63, 3.8) is 0 Å². The van der Waals surface area contributed by atoms with Crippen molar-refractivity contribution in [1.82, 2.24) is 4.57 Å². The Hall–Kier alpha value is -4.08. The average Bonchev–Trinajstić information content (AvgIpc) is 3.35. The fourth-order valence-corrected chi connectivity index (χ4v) is 7.43. The van der Waals surface area contributed by atoms with Crippen LogP contribution in [0.5, 0.6) is 23.0 Å². The first-order valence-corrected chi connectivity index (χ1v) is 15.9. The molecule has 1 aromatic heterocycles. The number of methoxy groups -OCH3 is 4. The van der Waals surface area contributed by atoms with Crippen LogP contribution < -0.4 is 33.8 Å². The van der Waals surface area contributed by atoms with E-state index in [9.17, 15) is 4.79 Å². The quantitative estimate of drug-likeness (QED) is 0.223. The van der Waals surface area contributed by atoms with Crippen molar-refractivity contribution in [3.8, 4) is 23.0 Å². The third-order valence-corrected chi connectivity index (χ3v) is 9.65. The van der Waals surface area contributed by atoms with Gasteiger partial charge in [0.1, 0.15) is 0 Å². The van der Waals surface area contributed by atoms with Crippen molar-refractivity contribution in [2.24, 2.45) is 10.9 Å². The lowest BCUT2D eigenvalue weighted by molar-refractivity contribution is 0.353. The topological polar surface area (TPSA) is 71.3 Å². The SMILES string of the molecule is COc1ccc(/C=C2\CCC(C)C3=C2N=c2sc(=Cc4cccc(Br)c4)c(=O)n2C3c2ccc(OC)c(OC)c2)cc1OC. The number of nitrogens with zero attached hydrogens (tertiary/aromatic N) is 2. The molecule has 9 heteroatoms. The number of rotatable bonds is 7. The number of allylic oxidation sites excluding steroid dienone is 2. The number of aromatic nitrogens is 1. The molecule has 2 unspecified atom stereocenters. The summed E-state index contributed by atoms with van der Waals surface area (Å²) < 4.78 is 25.7. The highest BCUT2D eigenvalue weighted by Gasteiger charge is 2.36. The van der Waals surface area contributed by atoms with Crippen LogP contribution in [-0.2, 0) is 0 Å². The molecule has 226 valence electrons. The first-order valence-electron chi connectivity index (χ1n) is 14.3. The molecule has 44 heavy (non-hydrogen) atoms. The third kappa shape index (κ3) is 5.50. The van der Waals surface area contributed by atoms with E-state index in [1.54, 1.807) is 28.4 Å². The third-order valence-electron chi connectivity index (χ3n) is 8.17. The number of hydrogen-bond acceptors (Lipinski definition) is 7. The van der Waals surface area contributed by atoms with E-state index in [1.807, 2.05) is 71.3 Å². The molecule has 1 aliphatic heterocycles. The van der Waals surface area contributed by atoms with Crippen molar-refractivity contribution in [2.75, 3.05) is 28.4 Å². The zero-order valence-corrected chi connectivity index (χ0v) is 27.6. The summed E-state index contributed by atoms with van der Waals surface area (Å²) in [6.07, 6.45) is 5.91. The molecule has 0 amide bonds. The zero-order chi connectivity index (χ0) is 31.0. The smallest absolute Gasteiger partial charge is 0.271 e. The van der Waals surface area contributed by atoms with Gasteiger partial charge in [0.05, 0.1) is 44.7 Å². The fourth-order valence-electron chi connectivity index (χ4n) is 6.01. The molecule has 0 fully saturated rings. The van der Waals surface area contributed by atoms with Crippen LogP contribution in [-0.4, -0.2) is 33.0 Å². The van der Waals surface area contributed by atoms with Crippen LogP contribution in [0.2, 0.25) is 0 Å². The van der Waals surface area contributed by atoms with Gasteiger partial charge in [-0.3, -0.25) is 9.36 Å². The summed E-state index contributed by atoms with van der Waals surface area (Å²) in [6.45, 7) is 2.22. The van der Waals surface area contributed by atoms with Crippen molar-refractivity contribution in [3.05, 3.63) is 118 Å². The van der Waals surface area contributed by atoms with Crippen LogP contribution in [0.15, 0.2) is 91.8 Å². The molecule has 4 aromatic rings. The number of fused-ring (bicyclic) bond motifs is 1. The summed E-state index contributed by atoms with van der Waals surface area (Å²) in [5.41, 5.74) is 6.00. The summed E-state index contributed by atoms with van der Waals surface area (Å²) in [4.78, 5) is 20.1. The highest BCUT2D eigenvalue weighted by atomic mass is 79.9. The van der Waals surface area contributed by atoms with Gasteiger partial charge in [-0.25, -0.2) is 4.99 Å². The van der Waals surface area contributed by atoms with Crippen molar-refractivity contribution in [1.29, 1.82) is 0 Å². The summed E-state index contributed by atoms with van der Waals surface area (Å²) >= 11 is 4.96. The van der Waals surface area contributed by atoms with Crippen LogP contribution in [0.25, 0.3) is 12.2 Å². The molecule has 7 nitrogen and oxygen atoms in total. The monoisotopic (exact) mass is 672 g/mol. The molecule has 3 aromatic carbocycles. The zero-order valence-electron chi connectivity index (χ0n) is 25.2. The second kappa shape index (κ2) is 12.5. The van der Waals surface area contributed by atoms with Crippen LogP contribution in [0.3, 0.4) is 0 Å². The van der Waals surface area contributed by atoms with Gasteiger partial charge in [0.2, 0.25) is 0 Å². The molecule has 0 bridgehead atoms. The lowest BCUT2D eigenvalue weighted by atomic mass is 9.77. The Labute approximate surface area is 268 Å². The molecule has 1 aliphatic carbocycles. The van der Waals surface area contributed by atoms with E-state index in [4.69, 9.17) is 23.9 Å². The van der Waals surface area contributed by atoms with Gasteiger partial charge >= 0.3 is 0 Å². The van der Waals surface area contributed by atoms with Gasteiger partial charge < -0.3 is 18.9 Å². The number of halogens is 1. The molecule has 2 atom stereocenters. The number of ether oxygens (including phenoxy) is 4. The second-order valence-corrected chi connectivity index (χ2v) is 12.7. The lowest BCUT2D eigenvalue weighted by Gasteiger charge is -2.35. The molecule has 0 saturated carbocycles. The van der Waals surface area contributed by atoms with Crippen LogP contribution in [0.4, 0.5) is 0 Å². The van der Waals surface area contributed by atoms with Gasteiger partial charge in [-0.15, -0.1) is 0 Å². The Morgan fingerprint density at radius 1 is 0.864 bits per heavy atom. The van der Waals surface area contributed by atoms with Crippen LogP contribution in [0.1, 0.15) is 42.5 Å². The maximum atomic E-state index is 14.2. The van der Waals surface area contributed by atoms with Crippen LogP contribution >= 0.6 is 27.3 Å². The molecule has 0 spiro atoms. The highest BCUT2D eigenvalue weighted by molar-refractivity contribution is 9.10. The predicted molar refractivity (Wildman–Crippen MR) is 178 cm³/mol. The van der Waals surface area contributed by atoms with Gasteiger partial charge in [-0.05, 0) is 95.1 Å². The van der Waals surface area contributed by atoms with E-state index in [2.05, 4.69) is 28.9 Å². The van der Waals surface area contributed by atoms with Gasteiger partial charge in [0.15, 0.2) is 27.8 Å². The summed E-state index contributed by atoms with van der Waals surface area (Å²) in [5.74, 6) is 2.80. The minimum atomic E-state index is -0.352. The number of thiazole rings is 1. The molecule has 2 aliphatic rings. The van der Waals surface area contributed by atoms with Gasteiger partial charge in [-0.2, -0.15) is 0 Å². The molecule has 0 radical (unpaired) electrons. The maximum absolute atomic E-state index is 14.2. The summed E-state index contributed by atoms with van der Waals surface area (Å²) in [5, 5.41) is 0. The van der Waals surface area contributed by atoms with Gasteiger partial charge in [0.25, 0.3) is 5.56 Å². The fraction of sp³-hybridized carbons (Fsp3) is 0.257. The minimum Gasteiger partial charge on any atom is -0.493 e. The number of benzene rings is 3. The van der Waals surface area contributed by atoms with E-state index in [-0.39, 0.29) is 17.5 Å². The largest absolute Gasteiger partial charge is 0.493 e. The van der Waals surface area contributed by atoms with E-state index < -0.39 is 0 Å². The van der Waals surface area contributed by atoms with Gasteiger partial charge in [-0.1, -0.05) is 58.5 Å². The molecule has 6 rings (SSSR count). The lowest BCUT2D eigenvalue weighted by Crippen LogP contribution is -2.40. The Morgan fingerprint density at radius 3 is 2.25 bits per heavy atom. The van der Waals surface area contributed by atoms with Gasteiger partial charge in [0, 0.05) is 4.47 Å². The molecule has 2 heterocycles. The molecular weight excluding hydrogens is 640 g/mol. The summed E-state index contributed by atoms with van der Waals surface area (Å²) in [6, 6.07) is 19.4. The first-order chi connectivity index (χ1) is 21.3. The Balaban J connectivity index is 1.60. The predicted octanol–water partition coefficient (Wildman–Crippen LogP) is 6.53. The van der Waals surface area contributed by atoms with Crippen molar-refractivity contribution >= 4 is 39.4 Å². The van der Waals surface area contributed by atoms with Crippen molar-refractivity contribution in [2.45, 2.75) is 25.8 Å². The average molecular weight is 674 g/mol. The standard InChI is InChI=1S/C35H33BrN2O5S/c1-20-9-11-23(15-22-10-13-26(40-2)28(17-22)42-4)32-31(20)33(24-12-14-27(41-3)29(19-24)43-5)38-34(39)30(44-35(38)37-32)18-21-7-6-8-25(36)16-21/h6-8,10,12-20,33H,9,11H2,1-5H3/b23-15+,30-18?. The van der Waals surface area contributed by atoms with E-state index >= 15 is 0 Å². The van der Waals surface area contributed by atoms with E-state index in [0.717, 1.165) is 50.8 Å². The molecular formula is C35H33BrN2O5S. The Morgan fingerprint density at radius 2 is 1.55 bits per heavy atom. The summed E-state index contributed by atoms with van der Waals surface area (Å²) in [7, 11) is 6.52. The molecule has 0 saturated heterocycles. The number of hydrogen-bond donors (Lipinski definition) is 0. The van der Waals surface area contributed by atoms with Crippen LogP contribution in [0, 0.1) is 5.92 Å². The second-order valence-electron chi connectivity index (χ2n) is 10.8. The Kier molecular flexibility index (Phi) is 8.51. The minimum absolute atomic E-state index is 0.0664. The highest BCUT2D eigenvalue weighted by Crippen LogP contribution is 2.45. The Bertz CT molecular complexity index is 1990. The normalized spacial score (nSPS) is 18.9. The molecule has 0 N–H and O–H groups in total.